The van der Waals surface area contributed by atoms with Crippen LogP contribution in [0.2, 0.25) is 0 Å². The average Bonchev–Trinajstić information content (AvgIpc) is 3.44. The van der Waals surface area contributed by atoms with Crippen molar-refractivity contribution in [2.45, 2.75) is 18.1 Å². The number of anilines is 1. The second-order valence-electron chi connectivity index (χ2n) is 6.36. The maximum absolute atomic E-state index is 14.4. The van der Waals surface area contributed by atoms with Crippen LogP contribution in [-0.2, 0) is 10.3 Å². The molecule has 1 amide bonds. The Hall–Kier alpha value is -3.03. The van der Waals surface area contributed by atoms with E-state index >= 15 is 0 Å². The summed E-state index contributed by atoms with van der Waals surface area (Å²) in [5.41, 5.74) is 4.33. The molecule has 1 aliphatic heterocycles. The summed E-state index contributed by atoms with van der Waals surface area (Å²) in [4.78, 5) is 20.5. The fraction of sp³-hybridized carbons (Fsp3) is 0.278. The molecule has 2 heterocycles. The summed E-state index contributed by atoms with van der Waals surface area (Å²) >= 11 is 0. The number of benzene rings is 1. The molecule has 3 N–H and O–H groups in total. The lowest BCUT2D eigenvalue weighted by molar-refractivity contribution is 0.0950. The minimum Gasteiger partial charge on any atom is -0.461 e. The van der Waals surface area contributed by atoms with Crippen LogP contribution in [0, 0.1) is 11.7 Å². The SMILES string of the molecule is Nc1ccc(F)c([C@@]2(CF)N=C(NC(=O)c3ccccc3)OC3C[C@@H]32)n1. The van der Waals surface area contributed by atoms with Crippen LogP contribution < -0.4 is 11.1 Å². The Balaban J connectivity index is 1.70. The summed E-state index contributed by atoms with van der Waals surface area (Å²) in [6.45, 7) is -0.977. The van der Waals surface area contributed by atoms with Gasteiger partial charge in [-0.3, -0.25) is 10.1 Å². The number of nitrogens with one attached hydrogen (secondary N) is 1. The first-order valence-corrected chi connectivity index (χ1v) is 8.15. The summed E-state index contributed by atoms with van der Waals surface area (Å²) in [5.74, 6) is -1.42. The topological polar surface area (TPSA) is 89.6 Å². The summed E-state index contributed by atoms with van der Waals surface area (Å²) in [7, 11) is 0. The van der Waals surface area contributed by atoms with E-state index in [0.29, 0.717) is 12.0 Å². The van der Waals surface area contributed by atoms with Crippen molar-refractivity contribution in [2.24, 2.45) is 10.9 Å². The fourth-order valence-electron chi connectivity index (χ4n) is 3.24. The second-order valence-corrected chi connectivity index (χ2v) is 6.36. The minimum absolute atomic E-state index is 0.0722. The summed E-state index contributed by atoms with van der Waals surface area (Å²) in [6.07, 6.45) is 0.144. The molecule has 1 fully saturated rings. The number of ether oxygens (including phenoxy) is 1. The number of pyridine rings is 1. The predicted molar refractivity (Wildman–Crippen MR) is 90.6 cm³/mol. The van der Waals surface area contributed by atoms with Crippen LogP contribution in [0.1, 0.15) is 22.5 Å². The molecule has 26 heavy (non-hydrogen) atoms. The number of carbonyl (C=O) groups is 1. The maximum Gasteiger partial charge on any atom is 0.293 e. The van der Waals surface area contributed by atoms with Gasteiger partial charge < -0.3 is 10.5 Å². The van der Waals surface area contributed by atoms with Crippen LogP contribution >= 0.6 is 0 Å². The number of carbonyl (C=O) groups excluding carboxylic acids is 1. The zero-order valence-corrected chi connectivity index (χ0v) is 13.7. The van der Waals surface area contributed by atoms with E-state index in [1.807, 2.05) is 0 Å². The molecule has 3 atom stereocenters. The number of rotatable bonds is 3. The second kappa shape index (κ2) is 6.05. The Morgan fingerprint density at radius 3 is 2.81 bits per heavy atom. The molecule has 1 unspecified atom stereocenters. The Kier molecular flexibility index (Phi) is 3.82. The molecule has 2 aliphatic rings. The van der Waals surface area contributed by atoms with Crippen molar-refractivity contribution in [1.82, 2.24) is 10.3 Å². The molecule has 1 aliphatic carbocycles. The van der Waals surface area contributed by atoms with Crippen molar-refractivity contribution >= 4 is 17.7 Å². The highest BCUT2D eigenvalue weighted by Crippen LogP contribution is 2.53. The van der Waals surface area contributed by atoms with Crippen LogP contribution in [-0.4, -0.2) is 29.7 Å². The highest BCUT2D eigenvalue weighted by atomic mass is 19.1. The molecular formula is C18H16F2N4O2. The van der Waals surface area contributed by atoms with Crippen molar-refractivity contribution in [3.63, 3.8) is 0 Å². The van der Waals surface area contributed by atoms with E-state index in [2.05, 4.69) is 15.3 Å². The van der Waals surface area contributed by atoms with E-state index in [9.17, 15) is 13.6 Å². The lowest BCUT2D eigenvalue weighted by atomic mass is 9.89. The fourth-order valence-corrected chi connectivity index (χ4v) is 3.24. The molecule has 6 nitrogen and oxygen atoms in total. The minimum atomic E-state index is -1.55. The zero-order chi connectivity index (χ0) is 18.3. The summed E-state index contributed by atoms with van der Waals surface area (Å²) in [6, 6.07) is 10.8. The van der Waals surface area contributed by atoms with Crippen molar-refractivity contribution < 1.29 is 18.3 Å². The average molecular weight is 358 g/mol. The first kappa shape index (κ1) is 16.4. The third-order valence-electron chi connectivity index (χ3n) is 4.65. The van der Waals surface area contributed by atoms with Gasteiger partial charge in [-0.15, -0.1) is 0 Å². The Morgan fingerprint density at radius 1 is 1.31 bits per heavy atom. The molecular weight excluding hydrogens is 342 g/mol. The van der Waals surface area contributed by atoms with Gasteiger partial charge in [0.05, 0.1) is 0 Å². The molecule has 1 saturated carbocycles. The number of nitrogen functional groups attached to an aromatic ring is 1. The third-order valence-corrected chi connectivity index (χ3v) is 4.65. The number of nitrogens with zero attached hydrogens (tertiary/aromatic N) is 2. The molecule has 2 aromatic rings. The van der Waals surface area contributed by atoms with Crippen LogP contribution in [0.5, 0.6) is 0 Å². The number of aromatic nitrogens is 1. The number of amides is 1. The van der Waals surface area contributed by atoms with Gasteiger partial charge in [-0.25, -0.2) is 18.8 Å². The van der Waals surface area contributed by atoms with E-state index < -0.39 is 23.9 Å². The molecule has 0 spiro atoms. The van der Waals surface area contributed by atoms with Gasteiger partial charge in [-0.2, -0.15) is 0 Å². The lowest BCUT2D eigenvalue weighted by Crippen LogP contribution is -2.44. The number of fused-ring (bicyclic) bond motifs is 1. The standard InChI is InChI=1S/C18H16F2N4O2/c19-9-18(15-12(20)6-7-14(21)22-15)11-8-13(11)26-17(24-18)23-16(25)10-4-2-1-3-5-10/h1-7,11,13H,8-9H2,(H2,21,22)(H,23,24,25)/t11-,13?,18-/m0/s1. The van der Waals surface area contributed by atoms with Gasteiger partial charge in [0.25, 0.3) is 11.9 Å². The van der Waals surface area contributed by atoms with Gasteiger partial charge in [-0.1, -0.05) is 18.2 Å². The largest absolute Gasteiger partial charge is 0.461 e. The number of halogens is 2. The molecule has 0 saturated heterocycles. The van der Waals surface area contributed by atoms with E-state index in [4.69, 9.17) is 10.5 Å². The van der Waals surface area contributed by atoms with E-state index in [1.54, 1.807) is 30.3 Å². The first-order valence-electron chi connectivity index (χ1n) is 8.15. The zero-order valence-electron chi connectivity index (χ0n) is 13.7. The monoisotopic (exact) mass is 358 g/mol. The molecule has 4 rings (SSSR count). The van der Waals surface area contributed by atoms with Crippen molar-refractivity contribution in [3.8, 4) is 0 Å². The Morgan fingerprint density at radius 2 is 2.08 bits per heavy atom. The van der Waals surface area contributed by atoms with Crippen molar-refractivity contribution in [2.75, 3.05) is 12.4 Å². The smallest absolute Gasteiger partial charge is 0.293 e. The van der Waals surface area contributed by atoms with Crippen LogP contribution in [0.25, 0.3) is 0 Å². The highest BCUT2D eigenvalue weighted by Gasteiger charge is 2.61. The van der Waals surface area contributed by atoms with Crippen LogP contribution in [0.4, 0.5) is 14.6 Å². The van der Waals surface area contributed by atoms with Gasteiger partial charge in [0.2, 0.25) is 0 Å². The molecule has 0 radical (unpaired) electrons. The number of nitrogens with two attached hydrogens (primary N) is 1. The number of hydrogen-bond donors (Lipinski definition) is 2. The highest BCUT2D eigenvalue weighted by molar-refractivity contribution is 6.04. The molecule has 1 aromatic carbocycles. The molecule has 134 valence electrons. The third kappa shape index (κ3) is 2.67. The van der Waals surface area contributed by atoms with Gasteiger partial charge >= 0.3 is 0 Å². The van der Waals surface area contributed by atoms with Crippen LogP contribution in [0.3, 0.4) is 0 Å². The van der Waals surface area contributed by atoms with Crippen LogP contribution in [0.15, 0.2) is 47.5 Å². The van der Waals surface area contributed by atoms with E-state index in [0.717, 1.165) is 6.07 Å². The van der Waals surface area contributed by atoms with Crippen molar-refractivity contribution in [1.29, 1.82) is 0 Å². The normalized spacial score (nSPS) is 26.3. The summed E-state index contributed by atoms with van der Waals surface area (Å²) in [5, 5.41) is 2.53. The Bertz CT molecular complexity index is 890. The van der Waals surface area contributed by atoms with E-state index in [1.165, 1.54) is 6.07 Å². The van der Waals surface area contributed by atoms with Gasteiger partial charge in [0, 0.05) is 11.5 Å². The number of hydrogen-bond acceptors (Lipinski definition) is 5. The van der Waals surface area contributed by atoms with Gasteiger partial charge in [-0.05, 0) is 30.7 Å². The molecule has 1 aromatic heterocycles. The molecule has 8 heteroatoms. The molecule has 0 bridgehead atoms. The lowest BCUT2D eigenvalue weighted by Gasteiger charge is -2.31. The Labute approximate surface area is 148 Å². The predicted octanol–water partition coefficient (Wildman–Crippen LogP) is 2.17. The number of amidine groups is 1. The van der Waals surface area contributed by atoms with Gasteiger partial charge in [0.15, 0.2) is 0 Å². The van der Waals surface area contributed by atoms with Gasteiger partial charge in [0.1, 0.15) is 35.6 Å². The van der Waals surface area contributed by atoms with E-state index in [-0.39, 0.29) is 29.6 Å². The maximum atomic E-state index is 14.4. The number of alkyl halides is 1. The first-order chi connectivity index (χ1) is 12.5. The quantitative estimate of drug-likeness (QED) is 0.880. The number of aliphatic imine (C=N–C) groups is 1. The summed E-state index contributed by atoms with van der Waals surface area (Å²) < 4.78 is 34.0. The van der Waals surface area contributed by atoms with Crippen molar-refractivity contribution in [3.05, 3.63) is 59.5 Å².